The molecule has 6 aliphatic rings. The Balaban J connectivity index is 1.02. The summed E-state index contributed by atoms with van der Waals surface area (Å²) in [5.41, 5.74) is 4.72. The molecular formula is C58H95ClN2O4S2. The van der Waals surface area contributed by atoms with E-state index >= 15 is 0 Å². The van der Waals surface area contributed by atoms with Crippen LogP contribution in [0.25, 0.3) is 0 Å². The second-order valence-electron chi connectivity index (χ2n) is 23.3. The van der Waals surface area contributed by atoms with Gasteiger partial charge in [-0.25, -0.2) is 15.5 Å². The summed E-state index contributed by atoms with van der Waals surface area (Å²) in [4.78, 5) is 39.6. The van der Waals surface area contributed by atoms with Crippen molar-refractivity contribution in [3.05, 3.63) is 29.8 Å². The van der Waals surface area contributed by atoms with Gasteiger partial charge in [0.05, 0.1) is 5.88 Å². The van der Waals surface area contributed by atoms with Crippen LogP contribution in [0.2, 0.25) is 0 Å². The Labute approximate surface area is 419 Å². The molecule has 1 amide bonds. The third-order valence-corrected chi connectivity index (χ3v) is 26.2. The summed E-state index contributed by atoms with van der Waals surface area (Å²) < 4.78 is 0. The Morgan fingerprint density at radius 1 is 0.761 bits per heavy atom. The van der Waals surface area contributed by atoms with Crippen molar-refractivity contribution in [2.24, 2.45) is 40.9 Å². The number of thioether (sulfide) groups is 1. The normalized spacial score (nSPS) is 35.9. The third kappa shape index (κ3) is 14.5. The summed E-state index contributed by atoms with van der Waals surface area (Å²) in [5.74, 6) is 7.55. The molecule has 6 fully saturated rings. The first-order chi connectivity index (χ1) is 32.7. The molecule has 1 aromatic rings. The topological polar surface area (TPSA) is 95.5 Å². The van der Waals surface area contributed by atoms with E-state index in [-0.39, 0.29) is 35.3 Å². The van der Waals surface area contributed by atoms with E-state index in [1.165, 1.54) is 152 Å². The van der Waals surface area contributed by atoms with Crippen LogP contribution in [0.4, 0.5) is 5.69 Å². The van der Waals surface area contributed by atoms with Crippen LogP contribution < -0.4 is 10.8 Å². The molecule has 4 aliphatic carbocycles. The molecule has 1 aromatic carbocycles. The van der Waals surface area contributed by atoms with Crippen LogP contribution in [-0.4, -0.2) is 67.6 Å². The number of unbranched alkanes of at least 4 members (excludes halogenated alkanes) is 6. The summed E-state index contributed by atoms with van der Waals surface area (Å²) in [6, 6.07) is 9.08. The number of amides is 1. The highest BCUT2D eigenvalue weighted by Crippen LogP contribution is 2.70. The maximum absolute atomic E-state index is 14.7. The lowest BCUT2D eigenvalue weighted by Gasteiger charge is -2.63. The monoisotopic (exact) mass is 983 g/mol. The number of carbonyl (C=O) groups is 3. The lowest BCUT2D eigenvalue weighted by molar-refractivity contribution is -0.133. The van der Waals surface area contributed by atoms with Crippen LogP contribution >= 0.6 is 33.4 Å². The highest BCUT2D eigenvalue weighted by Gasteiger charge is 2.54. The van der Waals surface area contributed by atoms with E-state index in [0.717, 1.165) is 97.8 Å². The van der Waals surface area contributed by atoms with E-state index in [9.17, 15) is 19.6 Å². The van der Waals surface area contributed by atoms with Crippen LogP contribution in [0, 0.1) is 40.9 Å². The van der Waals surface area contributed by atoms with Gasteiger partial charge in [-0.1, -0.05) is 109 Å². The molecule has 4 saturated carbocycles. The fourth-order valence-corrected chi connectivity index (χ4v) is 24.0. The van der Waals surface area contributed by atoms with Gasteiger partial charge in [0, 0.05) is 46.4 Å². The predicted octanol–water partition coefficient (Wildman–Crippen LogP) is 15.4. The second-order valence-corrected chi connectivity index (χ2v) is 29.1. The van der Waals surface area contributed by atoms with Crippen molar-refractivity contribution in [1.29, 1.82) is 0 Å². The van der Waals surface area contributed by atoms with Crippen molar-refractivity contribution in [3.63, 3.8) is 0 Å². The molecule has 2 saturated heterocycles. The number of hydroxylamine groups is 1. The van der Waals surface area contributed by atoms with Crippen molar-refractivity contribution in [1.82, 2.24) is 5.48 Å². The van der Waals surface area contributed by atoms with Crippen molar-refractivity contribution >= 4 is 56.6 Å². The summed E-state index contributed by atoms with van der Waals surface area (Å²) in [5, 5.41) is 15.5. The van der Waals surface area contributed by atoms with Crippen LogP contribution in [0.1, 0.15) is 218 Å². The molecular weight excluding hydrogens is 888 g/mol. The van der Waals surface area contributed by atoms with E-state index in [2.05, 4.69) is 55.2 Å². The largest absolute Gasteiger partial charge is 0.382 e. The fraction of sp³-hybridized carbons (Fsp3) is 0.845. The number of benzene rings is 1. The molecule has 0 aromatic heterocycles. The molecule has 6 nitrogen and oxygen atoms in total. The van der Waals surface area contributed by atoms with Crippen molar-refractivity contribution < 1.29 is 19.6 Å². The number of hydrogen-bond donors (Lipinski definition) is 3. The van der Waals surface area contributed by atoms with E-state index in [1.807, 2.05) is 5.48 Å². The van der Waals surface area contributed by atoms with Gasteiger partial charge in [0.1, 0.15) is 5.78 Å². The van der Waals surface area contributed by atoms with Gasteiger partial charge in [-0.2, -0.15) is 11.8 Å². The molecule has 0 radical (unpaired) electrons. The van der Waals surface area contributed by atoms with E-state index in [4.69, 9.17) is 11.6 Å². The highest BCUT2D eigenvalue weighted by molar-refractivity contribution is 8.34. The Bertz CT molecular complexity index is 1690. The molecule has 12 unspecified atom stereocenters. The summed E-state index contributed by atoms with van der Waals surface area (Å²) in [6.45, 7) is 4.71. The van der Waals surface area contributed by atoms with Gasteiger partial charge >= 0.3 is 0 Å². The number of carbonyl (C=O) groups excluding carboxylic acids is 3. The minimum atomic E-state index is -0.705. The molecule has 67 heavy (non-hydrogen) atoms. The highest BCUT2D eigenvalue weighted by atomic mass is 35.5. The Morgan fingerprint density at radius 3 is 2.34 bits per heavy atom. The molecule has 7 rings (SSSR count). The van der Waals surface area contributed by atoms with Gasteiger partial charge in [0.25, 0.3) is 0 Å². The molecule has 2 aliphatic heterocycles. The number of nitrogens with one attached hydrogen (secondary N) is 2. The number of rotatable bonds is 22. The minimum absolute atomic E-state index is 0.0231. The van der Waals surface area contributed by atoms with Gasteiger partial charge in [-0.15, -0.1) is 11.6 Å². The molecule has 1 spiro atoms. The van der Waals surface area contributed by atoms with E-state index < -0.39 is 10.0 Å². The number of hydrogen-bond acceptors (Lipinski definition) is 6. The standard InChI is InChI=1S/C58H95ClN2O4S2/c1-3-5-7-8-9-10-25-51-50(53(62)39-44-19-12-23-48(38-44)60-47-22-13-20-45(32-33-47)54(63)41-59)26-14-28-55(51)66-49-24-16-36-67(42-49)37-17-27-52-56(67)29-15-35-58(52,34-6-4-2)40-43-18-11-21-46(31-30-43)57(64)61-65/h12,19,23,38,43,45-47,49-52,55-56,60,65H,3-11,13-18,20-22,24-37,39-42H2,1-2H3,(H,61,64). The summed E-state index contributed by atoms with van der Waals surface area (Å²) in [6.07, 6.45) is 39.0. The van der Waals surface area contributed by atoms with Crippen LogP contribution in [0.5, 0.6) is 0 Å². The lowest BCUT2D eigenvalue weighted by atomic mass is 9.58. The van der Waals surface area contributed by atoms with E-state index in [1.54, 1.807) is 0 Å². The zero-order chi connectivity index (χ0) is 47.1. The van der Waals surface area contributed by atoms with Crippen molar-refractivity contribution in [2.75, 3.05) is 28.5 Å². The van der Waals surface area contributed by atoms with Crippen molar-refractivity contribution in [2.45, 2.75) is 241 Å². The summed E-state index contributed by atoms with van der Waals surface area (Å²) in [7, 11) is -0.705. The van der Waals surface area contributed by atoms with Gasteiger partial charge in [0.2, 0.25) is 5.91 Å². The number of anilines is 1. The first-order valence-electron chi connectivity index (χ1n) is 28.5. The average Bonchev–Trinajstić information content (AvgIpc) is 3.73. The number of Topliss-reactive ketones (excluding diaryl/α,β-unsaturated/α-hetero) is 2. The molecule has 12 atom stereocenters. The first kappa shape index (κ1) is 53.6. The van der Waals surface area contributed by atoms with Gasteiger partial charge in [0.15, 0.2) is 5.78 Å². The number of alkyl halides is 1. The Hall–Kier alpha value is -1.22. The maximum atomic E-state index is 14.7. The quantitative estimate of drug-likeness (QED) is 0.0352. The molecule has 0 bridgehead atoms. The number of ketones is 2. The minimum Gasteiger partial charge on any atom is -0.382 e. The van der Waals surface area contributed by atoms with Crippen LogP contribution in [-0.2, 0) is 20.8 Å². The van der Waals surface area contributed by atoms with Crippen molar-refractivity contribution in [3.8, 4) is 0 Å². The lowest BCUT2D eigenvalue weighted by Crippen LogP contribution is -2.51. The average molecular weight is 984 g/mol. The molecule has 9 heteroatoms. The number of fused-ring (bicyclic) bond motifs is 2. The third-order valence-electron chi connectivity index (χ3n) is 18.9. The van der Waals surface area contributed by atoms with Gasteiger partial charge < -0.3 is 5.32 Å². The first-order valence-corrected chi connectivity index (χ1v) is 32.2. The molecule has 380 valence electrons. The number of halogens is 1. The predicted molar refractivity (Wildman–Crippen MR) is 287 cm³/mol. The SMILES string of the molecule is CCCCCCCCC1C(SC2CCCS3(CCCC4C3CCCC4(CCCC)CC3CCCC(C(=O)NO)CC3)C2)CCCC1C(=O)Cc1cccc(NC2CCCC(C(=O)CCl)CC2)c1. The maximum Gasteiger partial charge on any atom is 0.246 e. The molecule has 2 heterocycles. The summed E-state index contributed by atoms with van der Waals surface area (Å²) >= 11 is 8.34. The van der Waals surface area contributed by atoms with Gasteiger partial charge in [-0.3, -0.25) is 19.6 Å². The zero-order valence-electron chi connectivity index (χ0n) is 42.4. The molecule has 3 N–H and O–H groups in total. The second kappa shape index (κ2) is 27.0. The Kier molecular flexibility index (Phi) is 21.6. The fourth-order valence-electron chi connectivity index (χ4n) is 15.5. The van der Waals surface area contributed by atoms with Crippen LogP contribution in [0.15, 0.2) is 24.3 Å². The van der Waals surface area contributed by atoms with E-state index in [0.29, 0.717) is 34.8 Å². The Morgan fingerprint density at radius 2 is 1.52 bits per heavy atom. The smallest absolute Gasteiger partial charge is 0.246 e. The van der Waals surface area contributed by atoms with Gasteiger partial charge in [-0.05, 0) is 179 Å². The zero-order valence-corrected chi connectivity index (χ0v) is 44.8. The van der Waals surface area contributed by atoms with Crippen LogP contribution in [0.3, 0.4) is 0 Å².